The molecule has 0 atom stereocenters. The number of ether oxygens (including phenoxy) is 1. The van der Waals surface area contributed by atoms with E-state index in [1.807, 2.05) is 66.7 Å². The highest BCUT2D eigenvalue weighted by Gasteiger charge is 2.13. The van der Waals surface area contributed by atoms with Gasteiger partial charge in [-0.1, -0.05) is 54.6 Å². The maximum Gasteiger partial charge on any atom is 0.338 e. The second-order valence-corrected chi connectivity index (χ2v) is 5.28. The van der Waals surface area contributed by atoms with Gasteiger partial charge in [0.2, 0.25) is 0 Å². The van der Waals surface area contributed by atoms with Crippen LogP contribution < -0.4 is 0 Å². The molecule has 0 spiro atoms. The highest BCUT2D eigenvalue weighted by Crippen LogP contribution is 2.26. The minimum Gasteiger partial charge on any atom is -0.465 e. The standard InChI is InChI=1S/C21H17NO2/c1-24-21(23)19-12-11-16(9-10-17-6-5-13-22-15-17)14-20(19)18-7-3-2-4-8-18/h2-15H,1H3/b10-9+. The van der Waals surface area contributed by atoms with Crippen molar-refractivity contribution in [2.45, 2.75) is 0 Å². The number of esters is 1. The summed E-state index contributed by atoms with van der Waals surface area (Å²) in [6.07, 6.45) is 7.55. The zero-order valence-electron chi connectivity index (χ0n) is 13.3. The third-order valence-electron chi connectivity index (χ3n) is 3.69. The van der Waals surface area contributed by atoms with E-state index in [1.165, 1.54) is 7.11 Å². The van der Waals surface area contributed by atoms with Gasteiger partial charge in [0, 0.05) is 12.4 Å². The number of hydrogen-bond acceptors (Lipinski definition) is 3. The van der Waals surface area contributed by atoms with Gasteiger partial charge in [0.05, 0.1) is 12.7 Å². The van der Waals surface area contributed by atoms with E-state index >= 15 is 0 Å². The van der Waals surface area contributed by atoms with E-state index in [0.717, 1.165) is 22.3 Å². The lowest BCUT2D eigenvalue weighted by Crippen LogP contribution is -2.03. The fraction of sp³-hybridized carbons (Fsp3) is 0.0476. The van der Waals surface area contributed by atoms with Gasteiger partial charge in [-0.3, -0.25) is 4.98 Å². The van der Waals surface area contributed by atoms with Crippen molar-refractivity contribution in [3.8, 4) is 11.1 Å². The Morgan fingerprint density at radius 3 is 2.46 bits per heavy atom. The molecule has 0 amide bonds. The van der Waals surface area contributed by atoms with Crippen LogP contribution in [0.25, 0.3) is 23.3 Å². The molecule has 3 aromatic rings. The lowest BCUT2D eigenvalue weighted by molar-refractivity contribution is 0.0601. The first-order valence-corrected chi connectivity index (χ1v) is 7.64. The summed E-state index contributed by atoms with van der Waals surface area (Å²) in [4.78, 5) is 16.1. The number of benzene rings is 2. The number of carbonyl (C=O) groups excluding carboxylic acids is 1. The van der Waals surface area contributed by atoms with Crippen molar-refractivity contribution in [3.05, 3.63) is 89.7 Å². The van der Waals surface area contributed by atoms with Crippen molar-refractivity contribution in [3.63, 3.8) is 0 Å². The summed E-state index contributed by atoms with van der Waals surface area (Å²) in [5, 5.41) is 0. The number of pyridine rings is 1. The SMILES string of the molecule is COC(=O)c1ccc(/C=C/c2cccnc2)cc1-c1ccccc1. The van der Waals surface area contributed by atoms with E-state index in [-0.39, 0.29) is 5.97 Å². The minimum atomic E-state index is -0.336. The molecule has 3 nitrogen and oxygen atoms in total. The summed E-state index contributed by atoms with van der Waals surface area (Å²) in [5.74, 6) is -0.336. The Morgan fingerprint density at radius 1 is 0.958 bits per heavy atom. The monoisotopic (exact) mass is 315 g/mol. The minimum absolute atomic E-state index is 0.336. The van der Waals surface area contributed by atoms with Crippen LogP contribution in [0.5, 0.6) is 0 Å². The van der Waals surface area contributed by atoms with E-state index < -0.39 is 0 Å². The van der Waals surface area contributed by atoms with E-state index in [9.17, 15) is 4.79 Å². The maximum absolute atomic E-state index is 12.0. The summed E-state index contributed by atoms with van der Waals surface area (Å²) < 4.78 is 4.90. The van der Waals surface area contributed by atoms with Crippen molar-refractivity contribution in [1.82, 2.24) is 4.98 Å². The van der Waals surface area contributed by atoms with Gasteiger partial charge in [0.1, 0.15) is 0 Å². The van der Waals surface area contributed by atoms with Crippen LogP contribution in [-0.2, 0) is 4.74 Å². The summed E-state index contributed by atoms with van der Waals surface area (Å²) in [6.45, 7) is 0. The first-order chi connectivity index (χ1) is 11.8. The largest absolute Gasteiger partial charge is 0.465 e. The molecule has 1 heterocycles. The van der Waals surface area contributed by atoms with Crippen molar-refractivity contribution in [2.24, 2.45) is 0 Å². The Labute approximate surface area is 141 Å². The molecular formula is C21H17NO2. The summed E-state index contributed by atoms with van der Waals surface area (Å²) in [6, 6.07) is 19.4. The highest BCUT2D eigenvalue weighted by atomic mass is 16.5. The molecule has 3 heteroatoms. The Bertz CT molecular complexity index is 856. The number of carbonyl (C=O) groups is 1. The van der Waals surface area contributed by atoms with Gasteiger partial charge in [0.15, 0.2) is 0 Å². The van der Waals surface area contributed by atoms with Crippen LogP contribution in [0, 0.1) is 0 Å². The third kappa shape index (κ3) is 3.58. The summed E-state index contributed by atoms with van der Waals surface area (Å²) in [5.41, 5.74) is 4.42. The molecule has 0 aliphatic rings. The summed E-state index contributed by atoms with van der Waals surface area (Å²) in [7, 11) is 1.40. The average molecular weight is 315 g/mol. The van der Waals surface area contributed by atoms with E-state index in [4.69, 9.17) is 4.74 Å². The molecule has 24 heavy (non-hydrogen) atoms. The maximum atomic E-state index is 12.0. The Kier molecular flexibility index (Phi) is 4.82. The molecule has 0 saturated heterocycles. The van der Waals surface area contributed by atoms with Crippen molar-refractivity contribution < 1.29 is 9.53 Å². The lowest BCUT2D eigenvalue weighted by atomic mass is 9.97. The van der Waals surface area contributed by atoms with E-state index in [2.05, 4.69) is 4.98 Å². The number of methoxy groups -OCH3 is 1. The fourth-order valence-electron chi connectivity index (χ4n) is 2.48. The van der Waals surface area contributed by atoms with Gasteiger partial charge in [0.25, 0.3) is 0 Å². The van der Waals surface area contributed by atoms with Crippen molar-refractivity contribution >= 4 is 18.1 Å². The van der Waals surface area contributed by atoms with Gasteiger partial charge >= 0.3 is 5.97 Å². The Morgan fingerprint density at radius 2 is 1.75 bits per heavy atom. The van der Waals surface area contributed by atoms with Gasteiger partial charge in [-0.25, -0.2) is 4.79 Å². The molecule has 3 rings (SSSR count). The zero-order valence-corrected chi connectivity index (χ0v) is 13.3. The molecule has 118 valence electrons. The molecule has 0 N–H and O–H groups in total. The van der Waals surface area contributed by atoms with E-state index in [1.54, 1.807) is 18.5 Å². The van der Waals surface area contributed by atoms with Crippen LogP contribution in [-0.4, -0.2) is 18.1 Å². The van der Waals surface area contributed by atoms with Crippen LogP contribution in [0.15, 0.2) is 73.1 Å². The first-order valence-electron chi connectivity index (χ1n) is 7.64. The molecule has 0 radical (unpaired) electrons. The quantitative estimate of drug-likeness (QED) is 0.655. The highest BCUT2D eigenvalue weighted by molar-refractivity contribution is 5.98. The van der Waals surface area contributed by atoms with Gasteiger partial charge < -0.3 is 4.74 Å². The predicted molar refractivity (Wildman–Crippen MR) is 96.4 cm³/mol. The van der Waals surface area contributed by atoms with Crippen LogP contribution in [0.3, 0.4) is 0 Å². The summed E-state index contributed by atoms with van der Waals surface area (Å²) >= 11 is 0. The number of rotatable bonds is 4. The van der Waals surface area contributed by atoms with Crippen molar-refractivity contribution in [2.75, 3.05) is 7.11 Å². The molecule has 0 aliphatic heterocycles. The topological polar surface area (TPSA) is 39.2 Å². The van der Waals surface area contributed by atoms with Crippen molar-refractivity contribution in [1.29, 1.82) is 0 Å². The second kappa shape index (κ2) is 7.38. The van der Waals surface area contributed by atoms with Crippen LogP contribution in [0.1, 0.15) is 21.5 Å². The van der Waals surface area contributed by atoms with Crippen LogP contribution in [0.2, 0.25) is 0 Å². The predicted octanol–water partition coefficient (Wildman–Crippen LogP) is 4.71. The number of nitrogens with zero attached hydrogens (tertiary/aromatic N) is 1. The molecule has 1 aromatic heterocycles. The van der Waals surface area contributed by atoms with Gasteiger partial charge in [-0.2, -0.15) is 0 Å². The fourth-order valence-corrected chi connectivity index (χ4v) is 2.48. The molecule has 0 saturated carbocycles. The third-order valence-corrected chi connectivity index (χ3v) is 3.69. The molecule has 2 aromatic carbocycles. The van der Waals surface area contributed by atoms with Crippen LogP contribution in [0.4, 0.5) is 0 Å². The lowest BCUT2D eigenvalue weighted by Gasteiger charge is -2.09. The molecule has 0 aliphatic carbocycles. The Hall–Kier alpha value is -3.20. The zero-order chi connectivity index (χ0) is 16.8. The van der Waals surface area contributed by atoms with Crippen LogP contribution >= 0.6 is 0 Å². The Balaban J connectivity index is 2.01. The van der Waals surface area contributed by atoms with Gasteiger partial charge in [-0.05, 0) is 40.5 Å². The molecular weight excluding hydrogens is 298 g/mol. The van der Waals surface area contributed by atoms with E-state index in [0.29, 0.717) is 5.56 Å². The normalized spacial score (nSPS) is 10.7. The first kappa shape index (κ1) is 15.7. The molecule has 0 unspecified atom stereocenters. The smallest absolute Gasteiger partial charge is 0.338 e. The molecule has 0 fully saturated rings. The van der Waals surface area contributed by atoms with Gasteiger partial charge in [-0.15, -0.1) is 0 Å². The number of aromatic nitrogens is 1. The average Bonchev–Trinajstić information content (AvgIpc) is 2.67. The molecule has 0 bridgehead atoms. The number of hydrogen-bond donors (Lipinski definition) is 0. The second-order valence-electron chi connectivity index (χ2n) is 5.28.